The van der Waals surface area contributed by atoms with Gasteiger partial charge in [-0.15, -0.1) is 0 Å². The van der Waals surface area contributed by atoms with Gasteiger partial charge in [0.05, 0.1) is 0 Å². The summed E-state index contributed by atoms with van der Waals surface area (Å²) in [4.78, 5) is 23.4. The SMILES string of the molecule is O=C(NC1CCNC(C(=O)O)C1)OCC1c2ccccc2-c2ccccc21. The Hall–Kier alpha value is -2.86. The normalized spacial score (nSPS) is 21.2. The zero-order valence-electron chi connectivity index (χ0n) is 14.9. The number of carbonyl (C=O) groups excluding carboxylic acids is 1. The highest BCUT2D eigenvalue weighted by atomic mass is 16.5. The number of amides is 1. The number of carboxylic acids is 1. The predicted molar refractivity (Wildman–Crippen MR) is 101 cm³/mol. The van der Waals surface area contributed by atoms with Gasteiger partial charge >= 0.3 is 12.1 Å². The molecule has 2 aromatic rings. The van der Waals surface area contributed by atoms with Crippen LogP contribution in [0.3, 0.4) is 0 Å². The Morgan fingerprint density at radius 2 is 1.70 bits per heavy atom. The third-order valence-electron chi connectivity index (χ3n) is 5.37. The van der Waals surface area contributed by atoms with Crippen LogP contribution in [0.1, 0.15) is 29.9 Å². The number of carbonyl (C=O) groups is 2. The summed E-state index contributed by atoms with van der Waals surface area (Å²) in [5.74, 6) is -0.878. The first-order chi connectivity index (χ1) is 13.1. The van der Waals surface area contributed by atoms with Crippen molar-refractivity contribution in [1.29, 1.82) is 0 Å². The minimum atomic E-state index is -0.894. The molecule has 0 aromatic heterocycles. The van der Waals surface area contributed by atoms with Gasteiger partial charge in [-0.05, 0) is 41.6 Å². The van der Waals surface area contributed by atoms with Crippen molar-refractivity contribution in [3.05, 3.63) is 59.7 Å². The van der Waals surface area contributed by atoms with Crippen molar-refractivity contribution in [1.82, 2.24) is 10.6 Å². The first-order valence-electron chi connectivity index (χ1n) is 9.21. The number of carboxylic acid groups (broad SMARTS) is 1. The van der Waals surface area contributed by atoms with E-state index in [0.717, 1.165) is 0 Å². The summed E-state index contributed by atoms with van der Waals surface area (Å²) < 4.78 is 5.52. The molecule has 0 spiro atoms. The Labute approximate surface area is 157 Å². The van der Waals surface area contributed by atoms with Crippen LogP contribution in [-0.4, -0.2) is 42.4 Å². The van der Waals surface area contributed by atoms with Crippen molar-refractivity contribution < 1.29 is 19.4 Å². The van der Waals surface area contributed by atoms with Gasteiger partial charge in [-0.2, -0.15) is 0 Å². The molecule has 6 heteroatoms. The van der Waals surface area contributed by atoms with E-state index in [-0.39, 0.29) is 18.6 Å². The molecule has 4 rings (SSSR count). The number of hydrogen-bond acceptors (Lipinski definition) is 4. The van der Waals surface area contributed by atoms with Gasteiger partial charge in [0, 0.05) is 12.0 Å². The molecule has 0 radical (unpaired) electrons. The van der Waals surface area contributed by atoms with Crippen LogP contribution in [0.25, 0.3) is 11.1 Å². The maximum Gasteiger partial charge on any atom is 0.407 e. The summed E-state index contributed by atoms with van der Waals surface area (Å²) in [6.45, 7) is 0.818. The fraction of sp³-hybridized carbons (Fsp3) is 0.333. The molecule has 1 aliphatic heterocycles. The zero-order chi connectivity index (χ0) is 18.8. The molecule has 3 N–H and O–H groups in total. The molecule has 1 fully saturated rings. The van der Waals surface area contributed by atoms with Gasteiger partial charge in [0.15, 0.2) is 0 Å². The highest BCUT2D eigenvalue weighted by molar-refractivity contribution is 5.79. The Kier molecular flexibility index (Phi) is 4.81. The lowest BCUT2D eigenvalue weighted by Crippen LogP contribution is -2.50. The van der Waals surface area contributed by atoms with Crippen molar-refractivity contribution in [3.63, 3.8) is 0 Å². The van der Waals surface area contributed by atoms with E-state index in [9.17, 15) is 9.59 Å². The van der Waals surface area contributed by atoms with E-state index >= 15 is 0 Å². The lowest BCUT2D eigenvalue weighted by Gasteiger charge is -2.28. The maximum absolute atomic E-state index is 12.3. The quantitative estimate of drug-likeness (QED) is 0.774. The van der Waals surface area contributed by atoms with Crippen LogP contribution in [0.5, 0.6) is 0 Å². The van der Waals surface area contributed by atoms with Crippen molar-refractivity contribution in [3.8, 4) is 11.1 Å². The summed E-state index contributed by atoms with van der Waals surface area (Å²) in [5.41, 5.74) is 4.70. The molecule has 1 aliphatic carbocycles. The number of rotatable bonds is 4. The van der Waals surface area contributed by atoms with E-state index in [1.165, 1.54) is 22.3 Å². The van der Waals surface area contributed by atoms with Crippen molar-refractivity contribution in [2.24, 2.45) is 0 Å². The van der Waals surface area contributed by atoms with Gasteiger partial charge in [-0.3, -0.25) is 4.79 Å². The summed E-state index contributed by atoms with van der Waals surface area (Å²) in [5, 5.41) is 14.9. The number of benzene rings is 2. The molecule has 0 bridgehead atoms. The molecule has 2 aliphatic rings. The fourth-order valence-corrected chi connectivity index (χ4v) is 4.04. The highest BCUT2D eigenvalue weighted by Gasteiger charge is 2.30. The third kappa shape index (κ3) is 3.53. The van der Waals surface area contributed by atoms with Gasteiger partial charge in [-0.1, -0.05) is 48.5 Å². The summed E-state index contributed by atoms with van der Waals surface area (Å²) >= 11 is 0. The molecule has 1 heterocycles. The molecule has 2 atom stereocenters. The van der Waals surface area contributed by atoms with E-state index in [4.69, 9.17) is 9.84 Å². The lowest BCUT2D eigenvalue weighted by atomic mass is 9.98. The molecule has 140 valence electrons. The second-order valence-corrected chi connectivity index (χ2v) is 7.04. The van der Waals surface area contributed by atoms with E-state index in [0.29, 0.717) is 19.4 Å². The van der Waals surface area contributed by atoms with Crippen LogP contribution in [0.15, 0.2) is 48.5 Å². The fourth-order valence-electron chi connectivity index (χ4n) is 4.04. The minimum absolute atomic E-state index is 0.0166. The van der Waals surface area contributed by atoms with E-state index in [2.05, 4.69) is 34.9 Å². The minimum Gasteiger partial charge on any atom is -0.480 e. The number of alkyl carbamates (subject to hydrolysis) is 1. The first-order valence-corrected chi connectivity index (χ1v) is 9.21. The highest BCUT2D eigenvalue weighted by Crippen LogP contribution is 2.44. The number of ether oxygens (including phenoxy) is 1. The van der Waals surface area contributed by atoms with Crippen LogP contribution in [-0.2, 0) is 9.53 Å². The van der Waals surface area contributed by atoms with Crippen LogP contribution in [0.2, 0.25) is 0 Å². The van der Waals surface area contributed by atoms with Crippen LogP contribution in [0, 0.1) is 0 Å². The van der Waals surface area contributed by atoms with Crippen LogP contribution in [0.4, 0.5) is 4.79 Å². The average molecular weight is 366 g/mol. The van der Waals surface area contributed by atoms with Gasteiger partial charge in [0.2, 0.25) is 0 Å². The number of nitrogens with one attached hydrogen (secondary N) is 2. The molecule has 1 saturated heterocycles. The molecule has 2 aromatic carbocycles. The molecule has 6 nitrogen and oxygen atoms in total. The summed E-state index contributed by atoms with van der Waals surface area (Å²) in [6, 6.07) is 15.5. The monoisotopic (exact) mass is 366 g/mol. The second kappa shape index (κ2) is 7.40. The molecular weight excluding hydrogens is 344 g/mol. The second-order valence-electron chi connectivity index (χ2n) is 7.04. The summed E-state index contributed by atoms with van der Waals surface area (Å²) in [6.07, 6.45) is 0.556. The van der Waals surface area contributed by atoms with Crippen LogP contribution >= 0.6 is 0 Å². The number of fused-ring (bicyclic) bond motifs is 3. The standard InChI is InChI=1S/C21H22N2O4/c24-20(25)19-11-13(9-10-22-19)23-21(26)27-12-18-16-7-3-1-5-14(16)15-6-2-4-8-17(15)18/h1-8,13,18-19,22H,9-12H2,(H,23,26)(H,24,25). The summed E-state index contributed by atoms with van der Waals surface area (Å²) in [7, 11) is 0. The largest absolute Gasteiger partial charge is 0.480 e. The van der Waals surface area contributed by atoms with E-state index < -0.39 is 18.1 Å². The molecule has 27 heavy (non-hydrogen) atoms. The Morgan fingerprint density at radius 1 is 1.07 bits per heavy atom. The molecule has 2 unspecified atom stereocenters. The molecular formula is C21H22N2O4. The predicted octanol–water partition coefficient (Wildman–Crippen LogP) is 2.73. The van der Waals surface area contributed by atoms with Gasteiger partial charge in [-0.25, -0.2) is 4.79 Å². The van der Waals surface area contributed by atoms with Crippen LogP contribution < -0.4 is 10.6 Å². The number of hydrogen-bond donors (Lipinski definition) is 3. The lowest BCUT2D eigenvalue weighted by molar-refractivity contribution is -0.140. The van der Waals surface area contributed by atoms with Crippen molar-refractivity contribution in [2.45, 2.75) is 30.8 Å². The first kappa shape index (κ1) is 17.5. The smallest absolute Gasteiger partial charge is 0.407 e. The van der Waals surface area contributed by atoms with E-state index in [1.807, 2.05) is 24.3 Å². The Morgan fingerprint density at radius 3 is 2.33 bits per heavy atom. The van der Waals surface area contributed by atoms with E-state index in [1.54, 1.807) is 0 Å². The van der Waals surface area contributed by atoms with Crippen molar-refractivity contribution >= 4 is 12.1 Å². The zero-order valence-corrected chi connectivity index (χ0v) is 14.9. The number of piperidine rings is 1. The topological polar surface area (TPSA) is 87.7 Å². The number of aliphatic carboxylic acids is 1. The Balaban J connectivity index is 1.40. The average Bonchev–Trinajstić information content (AvgIpc) is 3.00. The third-order valence-corrected chi connectivity index (χ3v) is 5.37. The van der Waals surface area contributed by atoms with Gasteiger partial charge in [0.1, 0.15) is 12.6 Å². The molecule has 0 saturated carbocycles. The van der Waals surface area contributed by atoms with Gasteiger partial charge < -0.3 is 20.5 Å². The molecule has 1 amide bonds. The van der Waals surface area contributed by atoms with Gasteiger partial charge in [0.25, 0.3) is 0 Å². The van der Waals surface area contributed by atoms with Crippen molar-refractivity contribution in [2.75, 3.05) is 13.2 Å². The maximum atomic E-state index is 12.3. The Bertz CT molecular complexity index is 821.